The summed E-state index contributed by atoms with van der Waals surface area (Å²) in [6, 6.07) is 32.6. The van der Waals surface area contributed by atoms with Gasteiger partial charge in [0.15, 0.2) is 0 Å². The third-order valence-corrected chi connectivity index (χ3v) is 4.67. The molecule has 156 valence electrons. The van der Waals surface area contributed by atoms with E-state index in [1.165, 1.54) is 0 Å². The molecule has 0 fully saturated rings. The van der Waals surface area contributed by atoms with Crippen LogP contribution in [0.25, 0.3) is 22.8 Å². The van der Waals surface area contributed by atoms with E-state index in [2.05, 4.69) is 49.1 Å². The summed E-state index contributed by atoms with van der Waals surface area (Å²) < 4.78 is 0. The molecule has 2 heterocycles. The number of hydrogen-bond donors (Lipinski definition) is 0. The van der Waals surface area contributed by atoms with Crippen molar-refractivity contribution in [1.29, 1.82) is 0 Å². The molecule has 32 heavy (non-hydrogen) atoms. The van der Waals surface area contributed by atoms with Crippen LogP contribution in [0.2, 0.25) is 0 Å². The van der Waals surface area contributed by atoms with Crippen LogP contribution in [0.15, 0.2) is 104 Å². The molecule has 0 bridgehead atoms. The van der Waals surface area contributed by atoms with Crippen molar-refractivity contribution < 1.29 is 21.1 Å². The van der Waals surface area contributed by atoms with Gasteiger partial charge in [0.1, 0.15) is 0 Å². The third kappa shape index (κ3) is 4.63. The number of hydrogen-bond acceptors (Lipinski definition) is 5. The van der Waals surface area contributed by atoms with Crippen LogP contribution in [0.4, 0.5) is 17.1 Å². The summed E-state index contributed by atoms with van der Waals surface area (Å²) in [5, 5.41) is 0. The number of nitrogens with zero attached hydrogens (tertiary/aromatic N) is 5. The van der Waals surface area contributed by atoms with Crippen molar-refractivity contribution in [3.63, 3.8) is 0 Å². The van der Waals surface area contributed by atoms with E-state index in [9.17, 15) is 0 Å². The second-order valence-electron chi connectivity index (χ2n) is 6.72. The van der Waals surface area contributed by atoms with Gasteiger partial charge in [-0.15, -0.1) is 59.7 Å². The Hall–Kier alpha value is -3.69. The van der Waals surface area contributed by atoms with E-state index >= 15 is 0 Å². The molecule has 5 rings (SSSR count). The Kier molecular flexibility index (Phi) is 6.78. The minimum absolute atomic E-state index is 0. The van der Waals surface area contributed by atoms with Gasteiger partial charge in [0.05, 0.1) is 11.6 Å². The Morgan fingerprint density at radius 2 is 0.969 bits per heavy atom. The first-order valence-corrected chi connectivity index (χ1v) is 9.83. The summed E-state index contributed by atoms with van der Waals surface area (Å²) in [4.78, 5) is 19.6. The summed E-state index contributed by atoms with van der Waals surface area (Å²) in [5.41, 5.74) is 4.35. The Morgan fingerprint density at radius 3 is 1.44 bits per heavy atom. The predicted octanol–water partition coefficient (Wildman–Crippen LogP) is 5.67. The molecule has 0 unspecified atom stereocenters. The molecule has 5 aromatic rings. The van der Waals surface area contributed by atoms with Gasteiger partial charge in [-0.3, -0.25) is 19.9 Å². The maximum Gasteiger partial charge on any atom is 2.00 e. The van der Waals surface area contributed by atoms with Crippen LogP contribution in [0, 0.1) is 12.1 Å². The van der Waals surface area contributed by atoms with Gasteiger partial charge in [0.2, 0.25) is 0 Å². The zero-order chi connectivity index (χ0) is 20.9. The molecule has 0 N–H and O–H groups in total. The smallest absolute Gasteiger partial charge is 0.346 e. The van der Waals surface area contributed by atoms with Crippen LogP contribution in [-0.4, -0.2) is 19.9 Å². The first-order chi connectivity index (χ1) is 15.4. The van der Waals surface area contributed by atoms with E-state index in [0.29, 0.717) is 11.6 Å². The van der Waals surface area contributed by atoms with Crippen LogP contribution < -0.4 is 4.90 Å². The first-order valence-electron chi connectivity index (χ1n) is 9.83. The Bertz CT molecular complexity index is 1200. The van der Waals surface area contributed by atoms with Crippen molar-refractivity contribution >= 4 is 17.1 Å². The number of anilines is 3. The van der Waals surface area contributed by atoms with Gasteiger partial charge >= 0.3 is 21.1 Å². The summed E-state index contributed by atoms with van der Waals surface area (Å²) in [6.45, 7) is 0. The van der Waals surface area contributed by atoms with Crippen LogP contribution in [0.3, 0.4) is 0 Å². The fourth-order valence-corrected chi connectivity index (χ4v) is 3.30. The van der Waals surface area contributed by atoms with Crippen LogP contribution in [-0.2, 0) is 21.1 Å². The zero-order valence-electron chi connectivity index (χ0n) is 16.9. The van der Waals surface area contributed by atoms with Gasteiger partial charge < -0.3 is 4.90 Å². The molecule has 0 amide bonds. The molecule has 6 heteroatoms. The zero-order valence-corrected chi connectivity index (χ0v) is 19.1. The second kappa shape index (κ2) is 10.1. The van der Waals surface area contributed by atoms with Crippen LogP contribution in [0.5, 0.6) is 0 Å². The number of aromatic nitrogens is 4. The maximum atomic E-state index is 4.36. The Balaban J connectivity index is 0.00000245. The normalized spacial score (nSPS) is 10.2. The molecule has 0 spiro atoms. The van der Waals surface area contributed by atoms with Crippen LogP contribution in [0.1, 0.15) is 0 Å². The topological polar surface area (TPSA) is 54.8 Å². The molecule has 0 aliphatic rings. The third-order valence-electron chi connectivity index (χ3n) is 4.67. The van der Waals surface area contributed by atoms with Crippen molar-refractivity contribution in [2.75, 3.05) is 4.90 Å². The molecule has 0 atom stereocenters. The first kappa shape index (κ1) is 21.5. The van der Waals surface area contributed by atoms with E-state index < -0.39 is 0 Å². The molecule has 0 radical (unpaired) electrons. The SMILES string of the molecule is [Pt+2].[c-]1c(-c2ncccn2)cccc1N(c1[c-]c(-c2ncccn2)ccc1)c1ccccc1. The second-order valence-corrected chi connectivity index (χ2v) is 6.72. The molecule has 5 nitrogen and oxygen atoms in total. The quantitative estimate of drug-likeness (QED) is 0.246. The number of para-hydroxylation sites is 1. The molecular weight excluding hydrogens is 577 g/mol. The molecule has 0 saturated heterocycles. The monoisotopic (exact) mass is 594 g/mol. The largest absolute Gasteiger partial charge is 2.00 e. The van der Waals surface area contributed by atoms with E-state index in [4.69, 9.17) is 0 Å². The number of rotatable bonds is 5. The average molecular weight is 595 g/mol. The van der Waals surface area contributed by atoms with Gasteiger partial charge in [-0.25, -0.2) is 0 Å². The number of benzene rings is 3. The van der Waals surface area contributed by atoms with E-state index in [1.807, 2.05) is 54.6 Å². The summed E-state index contributed by atoms with van der Waals surface area (Å²) in [6.07, 6.45) is 6.92. The minimum Gasteiger partial charge on any atom is -0.346 e. The Labute approximate surface area is 201 Å². The van der Waals surface area contributed by atoms with Crippen molar-refractivity contribution in [2.45, 2.75) is 0 Å². The molecule has 0 saturated carbocycles. The van der Waals surface area contributed by atoms with Gasteiger partial charge in [-0.2, -0.15) is 0 Å². The van der Waals surface area contributed by atoms with Crippen molar-refractivity contribution in [1.82, 2.24) is 19.9 Å². The molecule has 3 aromatic carbocycles. The summed E-state index contributed by atoms with van der Waals surface area (Å²) in [7, 11) is 0. The van der Waals surface area contributed by atoms with Crippen molar-refractivity contribution in [2.24, 2.45) is 0 Å². The van der Waals surface area contributed by atoms with Gasteiger partial charge in [-0.05, 0) is 35.6 Å². The maximum absolute atomic E-state index is 4.36. The molecule has 0 aliphatic carbocycles. The standard InChI is InChI=1S/C26H17N5.Pt/c1-2-10-22(11-3-1)31(23-12-4-8-20(18-23)25-27-14-6-15-28-25)24-13-5-9-21(19-24)26-29-16-7-17-30-26;/h1-17H;/q-2;+2. The summed E-state index contributed by atoms with van der Waals surface area (Å²) in [5.74, 6) is 1.26. The van der Waals surface area contributed by atoms with Gasteiger partial charge in [0.25, 0.3) is 0 Å². The fourth-order valence-electron chi connectivity index (χ4n) is 3.30. The van der Waals surface area contributed by atoms with E-state index in [0.717, 1.165) is 28.2 Å². The minimum atomic E-state index is 0. The average Bonchev–Trinajstić information content (AvgIpc) is 2.86. The molecular formula is C26H17N5Pt. The molecule has 0 aliphatic heterocycles. The van der Waals surface area contributed by atoms with E-state index in [-0.39, 0.29) is 21.1 Å². The Morgan fingerprint density at radius 1 is 0.500 bits per heavy atom. The van der Waals surface area contributed by atoms with Crippen molar-refractivity contribution in [3.05, 3.63) is 116 Å². The van der Waals surface area contributed by atoms with Gasteiger partial charge in [-0.1, -0.05) is 18.2 Å². The fraction of sp³-hybridized carbons (Fsp3) is 0. The predicted molar refractivity (Wildman–Crippen MR) is 121 cm³/mol. The van der Waals surface area contributed by atoms with Crippen LogP contribution >= 0.6 is 0 Å². The summed E-state index contributed by atoms with van der Waals surface area (Å²) >= 11 is 0. The van der Waals surface area contributed by atoms with Crippen molar-refractivity contribution in [3.8, 4) is 22.8 Å². The molecule has 2 aromatic heterocycles. The van der Waals surface area contributed by atoms with Gasteiger partial charge in [0, 0.05) is 30.5 Å². The van der Waals surface area contributed by atoms with E-state index in [1.54, 1.807) is 36.9 Å².